The molecule has 1 amide bonds. The number of benzene rings is 2. The molecule has 0 aliphatic carbocycles. The van der Waals surface area contributed by atoms with Crippen LogP contribution in [-0.4, -0.2) is 38.0 Å². The van der Waals surface area contributed by atoms with Crippen molar-refractivity contribution in [2.75, 3.05) is 26.2 Å². The fourth-order valence-corrected chi connectivity index (χ4v) is 5.80. The Hall–Kier alpha value is -4.18. The summed E-state index contributed by atoms with van der Waals surface area (Å²) in [6.45, 7) is 6.99. The fraction of sp³-hybridized carbons (Fsp3) is 0.286. The molecule has 4 aromatic rings. The zero-order valence-electron chi connectivity index (χ0n) is 22.0. The first-order chi connectivity index (χ1) is 18.1. The molecule has 0 radical (unpaired) electrons. The maximum absolute atomic E-state index is 14.0. The highest BCUT2D eigenvalue weighted by molar-refractivity contribution is 7.17. The van der Waals surface area contributed by atoms with Crippen LogP contribution in [-0.2, 0) is 0 Å². The van der Waals surface area contributed by atoms with Crippen molar-refractivity contribution >= 4 is 39.1 Å². The number of thiazole rings is 1. The van der Waals surface area contributed by atoms with Crippen LogP contribution in [0.4, 0.5) is 5.13 Å². The second kappa shape index (κ2) is 9.29. The Morgan fingerprint density at radius 3 is 2.16 bits per heavy atom. The Labute approximate surface area is 222 Å². The number of carbonyl (C=O) groups is 2. The van der Waals surface area contributed by atoms with Gasteiger partial charge in [0.2, 0.25) is 11.5 Å². The van der Waals surface area contributed by atoms with E-state index in [0.29, 0.717) is 44.4 Å². The van der Waals surface area contributed by atoms with Crippen molar-refractivity contribution in [2.45, 2.75) is 33.7 Å². The number of fused-ring (bicyclic) bond motifs is 2. The van der Waals surface area contributed by atoms with E-state index in [1.807, 2.05) is 13.8 Å². The predicted molar refractivity (Wildman–Crippen MR) is 144 cm³/mol. The molecular weight excluding hydrogens is 508 g/mol. The van der Waals surface area contributed by atoms with Gasteiger partial charge in [-0.2, -0.15) is 0 Å². The Kier molecular flexibility index (Phi) is 6.22. The smallest absolute Gasteiger partial charge is 0.297 e. The SMILES string of the molecule is COc1cc(C2c3c(oc4cc(C)c(C)cc4c3=O)C(=O)N2c2nc(C)c(C(C)=O)s2)cc(OC)c1OC. The van der Waals surface area contributed by atoms with Crippen LogP contribution in [0.3, 0.4) is 0 Å². The van der Waals surface area contributed by atoms with Crippen LogP contribution in [0.1, 0.15) is 61.1 Å². The molecule has 0 fully saturated rings. The van der Waals surface area contributed by atoms with E-state index >= 15 is 0 Å². The summed E-state index contributed by atoms with van der Waals surface area (Å²) in [5.74, 6) is 0.334. The molecule has 0 bridgehead atoms. The van der Waals surface area contributed by atoms with Crippen molar-refractivity contribution in [3.8, 4) is 17.2 Å². The third-order valence-electron chi connectivity index (χ3n) is 6.80. The molecule has 5 rings (SSSR count). The van der Waals surface area contributed by atoms with Gasteiger partial charge in [-0.05, 0) is 61.7 Å². The minimum absolute atomic E-state index is 0.0678. The highest BCUT2D eigenvalue weighted by Crippen LogP contribution is 2.47. The van der Waals surface area contributed by atoms with Gasteiger partial charge in [-0.25, -0.2) is 4.98 Å². The molecule has 1 aliphatic heterocycles. The first kappa shape index (κ1) is 25.5. The highest BCUT2D eigenvalue weighted by atomic mass is 32.1. The van der Waals surface area contributed by atoms with Gasteiger partial charge in [0.15, 0.2) is 27.8 Å². The van der Waals surface area contributed by atoms with E-state index in [9.17, 15) is 14.4 Å². The number of anilines is 1. The number of nitrogens with zero attached hydrogens (tertiary/aromatic N) is 2. The molecule has 3 heterocycles. The van der Waals surface area contributed by atoms with Crippen molar-refractivity contribution in [2.24, 2.45) is 0 Å². The summed E-state index contributed by atoms with van der Waals surface area (Å²) in [4.78, 5) is 46.5. The first-order valence-corrected chi connectivity index (χ1v) is 12.6. The van der Waals surface area contributed by atoms with Crippen LogP contribution in [0.25, 0.3) is 11.0 Å². The van der Waals surface area contributed by atoms with Gasteiger partial charge in [0.05, 0.1) is 48.9 Å². The zero-order chi connectivity index (χ0) is 27.5. The third kappa shape index (κ3) is 3.75. The van der Waals surface area contributed by atoms with Gasteiger partial charge in [0.1, 0.15) is 5.58 Å². The molecule has 196 valence electrons. The minimum atomic E-state index is -0.918. The summed E-state index contributed by atoms with van der Waals surface area (Å²) >= 11 is 1.09. The monoisotopic (exact) mass is 534 g/mol. The number of Topliss-reactive ketones (excluding diaryl/α,β-unsaturated/α-hetero) is 1. The number of hydrogen-bond acceptors (Lipinski definition) is 9. The molecular formula is C28H26N2O7S. The van der Waals surface area contributed by atoms with Crippen molar-refractivity contribution < 1.29 is 28.2 Å². The largest absolute Gasteiger partial charge is 0.493 e. The van der Waals surface area contributed by atoms with Crippen molar-refractivity contribution in [3.63, 3.8) is 0 Å². The molecule has 0 N–H and O–H groups in total. The Morgan fingerprint density at radius 1 is 0.974 bits per heavy atom. The van der Waals surface area contributed by atoms with E-state index in [2.05, 4.69) is 4.98 Å². The lowest BCUT2D eigenvalue weighted by atomic mass is 9.97. The van der Waals surface area contributed by atoms with E-state index in [1.54, 1.807) is 31.2 Å². The molecule has 0 saturated carbocycles. The molecule has 1 atom stereocenters. The number of ether oxygens (including phenoxy) is 3. The van der Waals surface area contributed by atoms with Gasteiger partial charge in [-0.3, -0.25) is 19.3 Å². The third-order valence-corrected chi connectivity index (χ3v) is 8.06. The maximum Gasteiger partial charge on any atom is 0.297 e. The van der Waals surface area contributed by atoms with Gasteiger partial charge in [0.25, 0.3) is 5.91 Å². The molecule has 0 saturated heterocycles. The standard InChI is InChI=1S/C28H26N2O7S/c1-12-8-17-18(9-13(12)2)37-25-21(23(17)32)22(16-10-19(34-5)24(36-7)20(11-16)35-6)30(27(25)33)28-29-14(3)26(38-28)15(4)31/h8-11,22H,1-7H3. The summed E-state index contributed by atoms with van der Waals surface area (Å²) in [6.07, 6.45) is 0. The summed E-state index contributed by atoms with van der Waals surface area (Å²) < 4.78 is 22.7. The second-order valence-electron chi connectivity index (χ2n) is 9.11. The number of carbonyl (C=O) groups excluding carboxylic acids is 2. The van der Waals surface area contributed by atoms with Crippen LogP contribution < -0.4 is 24.5 Å². The van der Waals surface area contributed by atoms with Crippen molar-refractivity contribution in [1.29, 1.82) is 0 Å². The molecule has 38 heavy (non-hydrogen) atoms. The lowest BCUT2D eigenvalue weighted by molar-refractivity contribution is 0.0969. The van der Waals surface area contributed by atoms with Gasteiger partial charge in [0, 0.05) is 6.92 Å². The lowest BCUT2D eigenvalue weighted by Crippen LogP contribution is -2.29. The molecule has 2 aromatic heterocycles. The number of methoxy groups -OCH3 is 3. The normalized spacial score (nSPS) is 14.7. The van der Waals surface area contributed by atoms with Gasteiger partial charge >= 0.3 is 0 Å². The van der Waals surface area contributed by atoms with Crippen molar-refractivity contribution in [3.05, 3.63) is 73.1 Å². The van der Waals surface area contributed by atoms with E-state index in [-0.39, 0.29) is 27.7 Å². The topological polar surface area (TPSA) is 108 Å². The minimum Gasteiger partial charge on any atom is -0.493 e. The molecule has 1 aliphatic rings. The van der Waals surface area contributed by atoms with Gasteiger partial charge in [-0.15, -0.1) is 0 Å². The van der Waals surface area contributed by atoms with E-state index in [4.69, 9.17) is 18.6 Å². The second-order valence-corrected chi connectivity index (χ2v) is 10.1. The van der Waals surface area contributed by atoms with Gasteiger partial charge in [-0.1, -0.05) is 11.3 Å². The molecule has 9 nitrogen and oxygen atoms in total. The van der Waals surface area contributed by atoms with E-state index in [0.717, 1.165) is 22.5 Å². The van der Waals surface area contributed by atoms with Crippen LogP contribution in [0.2, 0.25) is 0 Å². The highest BCUT2D eigenvalue weighted by Gasteiger charge is 2.46. The van der Waals surface area contributed by atoms with Crippen LogP contribution in [0.15, 0.2) is 33.5 Å². The number of hydrogen-bond donors (Lipinski definition) is 0. The fourth-order valence-electron chi connectivity index (χ4n) is 4.81. The lowest BCUT2D eigenvalue weighted by Gasteiger charge is -2.24. The van der Waals surface area contributed by atoms with Crippen LogP contribution >= 0.6 is 11.3 Å². The summed E-state index contributed by atoms with van der Waals surface area (Å²) in [5, 5.41) is 0.650. The average molecular weight is 535 g/mol. The first-order valence-electron chi connectivity index (χ1n) is 11.8. The van der Waals surface area contributed by atoms with Gasteiger partial charge < -0.3 is 18.6 Å². The predicted octanol–water partition coefficient (Wildman–Crippen LogP) is 5.15. The molecule has 10 heteroatoms. The molecule has 1 unspecified atom stereocenters. The quantitative estimate of drug-likeness (QED) is 0.313. The Balaban J connectivity index is 1.85. The molecule has 0 spiro atoms. The average Bonchev–Trinajstić information content (AvgIpc) is 3.41. The number of ketones is 1. The number of aromatic nitrogens is 1. The number of aryl methyl sites for hydroxylation is 3. The molecule has 2 aromatic carbocycles. The van der Waals surface area contributed by atoms with Crippen LogP contribution in [0, 0.1) is 20.8 Å². The Bertz CT molecular complexity index is 1680. The summed E-state index contributed by atoms with van der Waals surface area (Å²) in [6, 6.07) is 6.00. The van der Waals surface area contributed by atoms with Crippen molar-refractivity contribution in [1.82, 2.24) is 4.98 Å². The summed E-state index contributed by atoms with van der Waals surface area (Å²) in [7, 11) is 4.47. The van der Waals surface area contributed by atoms with E-state index < -0.39 is 11.9 Å². The van der Waals surface area contributed by atoms with Crippen LogP contribution in [0.5, 0.6) is 17.2 Å². The Morgan fingerprint density at radius 2 is 1.61 bits per heavy atom. The number of amides is 1. The maximum atomic E-state index is 14.0. The van der Waals surface area contributed by atoms with E-state index in [1.165, 1.54) is 33.2 Å². The summed E-state index contributed by atoms with van der Waals surface area (Å²) in [5.41, 5.74) is 3.08. The number of rotatable bonds is 6. The zero-order valence-corrected chi connectivity index (χ0v) is 22.9.